The number of likely N-dealkylation sites (tertiary alicyclic amines) is 1. The van der Waals surface area contributed by atoms with Gasteiger partial charge in [0.15, 0.2) is 0 Å². The number of carbonyl (C=O) groups is 2. The number of esters is 1. The third-order valence-corrected chi connectivity index (χ3v) is 5.71. The molecule has 0 saturated carbocycles. The molecule has 1 saturated heterocycles. The fourth-order valence-electron chi connectivity index (χ4n) is 3.76. The van der Waals surface area contributed by atoms with Crippen LogP contribution < -0.4 is 5.32 Å². The van der Waals surface area contributed by atoms with Crippen molar-refractivity contribution >= 4 is 11.9 Å². The normalized spacial score (nSPS) is 18.1. The highest BCUT2D eigenvalue weighted by Gasteiger charge is 2.31. The number of hydrogen-bond donors (Lipinski definition) is 1. The highest BCUT2D eigenvalue weighted by molar-refractivity contribution is 5.91. The summed E-state index contributed by atoms with van der Waals surface area (Å²) in [5, 5.41) is 3.09. The maximum absolute atomic E-state index is 12.4. The molecule has 1 aliphatic heterocycles. The first-order valence-corrected chi connectivity index (χ1v) is 10.1. The molecule has 0 bridgehead atoms. The molecule has 1 fully saturated rings. The van der Waals surface area contributed by atoms with E-state index in [0.29, 0.717) is 24.9 Å². The molecule has 0 unspecified atom stereocenters. The van der Waals surface area contributed by atoms with E-state index in [4.69, 9.17) is 4.74 Å². The summed E-state index contributed by atoms with van der Waals surface area (Å²) < 4.78 is 4.82. The maximum atomic E-state index is 12.4. The topological polar surface area (TPSA) is 58.6 Å². The molecule has 1 aliphatic rings. The predicted octanol–water partition coefficient (Wildman–Crippen LogP) is 3.42. The Labute approximate surface area is 163 Å². The van der Waals surface area contributed by atoms with E-state index in [-0.39, 0.29) is 17.4 Å². The predicted molar refractivity (Wildman–Crippen MR) is 108 cm³/mol. The zero-order chi connectivity index (χ0) is 19.9. The minimum Gasteiger partial charge on any atom is -0.465 e. The summed E-state index contributed by atoms with van der Waals surface area (Å²) >= 11 is 0. The van der Waals surface area contributed by atoms with Crippen molar-refractivity contribution in [2.24, 2.45) is 5.92 Å². The minimum atomic E-state index is -0.359. The molecule has 1 aromatic carbocycles. The molecule has 5 heteroatoms. The van der Waals surface area contributed by atoms with Crippen molar-refractivity contribution in [2.75, 3.05) is 26.7 Å². The van der Waals surface area contributed by atoms with Crippen LogP contribution in [0.2, 0.25) is 0 Å². The Bertz CT molecular complexity index is 642. The highest BCUT2D eigenvalue weighted by atomic mass is 16.5. The molecule has 1 aromatic rings. The van der Waals surface area contributed by atoms with E-state index in [1.807, 2.05) is 12.1 Å². The van der Waals surface area contributed by atoms with Crippen LogP contribution in [0.3, 0.4) is 0 Å². The van der Waals surface area contributed by atoms with Crippen LogP contribution in [0.4, 0.5) is 0 Å². The van der Waals surface area contributed by atoms with E-state index < -0.39 is 0 Å². The van der Waals surface area contributed by atoms with Crippen LogP contribution in [-0.2, 0) is 16.0 Å². The molecule has 27 heavy (non-hydrogen) atoms. The molecule has 1 amide bonds. The number of hydrogen-bond acceptors (Lipinski definition) is 4. The number of nitrogens with zero attached hydrogens (tertiary/aromatic N) is 1. The van der Waals surface area contributed by atoms with Crippen LogP contribution in [0.5, 0.6) is 0 Å². The van der Waals surface area contributed by atoms with Crippen LogP contribution in [0.15, 0.2) is 24.3 Å². The molecule has 0 radical (unpaired) electrons. The Hall–Kier alpha value is -1.88. The quantitative estimate of drug-likeness (QED) is 0.709. The fourth-order valence-corrected chi connectivity index (χ4v) is 3.76. The van der Waals surface area contributed by atoms with Gasteiger partial charge in [-0.05, 0) is 57.2 Å². The number of rotatable bonds is 8. The third-order valence-electron chi connectivity index (χ3n) is 5.71. The van der Waals surface area contributed by atoms with Gasteiger partial charge in [-0.3, -0.25) is 9.69 Å². The lowest BCUT2D eigenvalue weighted by Gasteiger charge is -2.43. The number of benzene rings is 1. The van der Waals surface area contributed by atoms with Crippen molar-refractivity contribution in [3.05, 3.63) is 35.4 Å². The van der Waals surface area contributed by atoms with Gasteiger partial charge < -0.3 is 10.1 Å². The molecule has 2 rings (SSSR count). The van der Waals surface area contributed by atoms with E-state index in [0.717, 1.165) is 24.6 Å². The number of piperidine rings is 1. The van der Waals surface area contributed by atoms with Crippen molar-refractivity contribution in [2.45, 2.75) is 58.4 Å². The van der Waals surface area contributed by atoms with Gasteiger partial charge in [0.1, 0.15) is 0 Å². The average Bonchev–Trinajstić information content (AvgIpc) is 2.70. The van der Waals surface area contributed by atoms with E-state index >= 15 is 0 Å². The SMILES string of the molecule is CC[C@H]1CCCN(C(C)(C)CNC(=O)CCc2ccccc2C(=O)OC)C1. The summed E-state index contributed by atoms with van der Waals surface area (Å²) in [6.07, 6.45) is 4.66. The molecule has 0 aromatic heterocycles. The lowest BCUT2D eigenvalue weighted by Crippen LogP contribution is -2.54. The molecule has 1 N–H and O–H groups in total. The van der Waals surface area contributed by atoms with Crippen molar-refractivity contribution in [3.8, 4) is 0 Å². The number of nitrogens with one attached hydrogen (secondary N) is 1. The molecule has 0 aliphatic carbocycles. The smallest absolute Gasteiger partial charge is 0.338 e. The van der Waals surface area contributed by atoms with Crippen molar-refractivity contribution < 1.29 is 14.3 Å². The minimum absolute atomic E-state index is 0.0202. The largest absolute Gasteiger partial charge is 0.465 e. The molecule has 0 spiro atoms. The number of ether oxygens (including phenoxy) is 1. The summed E-state index contributed by atoms with van der Waals surface area (Å²) in [4.78, 5) is 26.7. The lowest BCUT2D eigenvalue weighted by atomic mass is 9.91. The van der Waals surface area contributed by atoms with E-state index in [9.17, 15) is 9.59 Å². The summed E-state index contributed by atoms with van der Waals surface area (Å²) in [5.74, 6) is 0.429. The number of aryl methyl sites for hydroxylation is 1. The number of amides is 1. The summed E-state index contributed by atoms with van der Waals surface area (Å²) in [6, 6.07) is 7.30. The van der Waals surface area contributed by atoms with Crippen molar-refractivity contribution in [1.29, 1.82) is 0 Å². The van der Waals surface area contributed by atoms with Gasteiger partial charge in [0.25, 0.3) is 0 Å². The van der Waals surface area contributed by atoms with Crippen molar-refractivity contribution in [1.82, 2.24) is 10.2 Å². The lowest BCUT2D eigenvalue weighted by molar-refractivity contribution is -0.121. The summed E-state index contributed by atoms with van der Waals surface area (Å²) in [7, 11) is 1.37. The molecular formula is C22H34N2O3. The van der Waals surface area contributed by atoms with Gasteiger partial charge in [0.05, 0.1) is 12.7 Å². The first kappa shape index (κ1) is 21.4. The van der Waals surface area contributed by atoms with Crippen LogP contribution in [-0.4, -0.2) is 49.1 Å². The van der Waals surface area contributed by atoms with Gasteiger partial charge in [-0.15, -0.1) is 0 Å². The summed E-state index contributed by atoms with van der Waals surface area (Å²) in [5.41, 5.74) is 1.33. The van der Waals surface area contributed by atoms with E-state index in [2.05, 4.69) is 31.0 Å². The third kappa shape index (κ3) is 6.06. The first-order chi connectivity index (χ1) is 12.9. The Morgan fingerprint density at radius 3 is 2.74 bits per heavy atom. The van der Waals surface area contributed by atoms with Gasteiger partial charge in [-0.1, -0.05) is 31.5 Å². The van der Waals surface area contributed by atoms with Crippen LogP contribution >= 0.6 is 0 Å². The zero-order valence-corrected chi connectivity index (χ0v) is 17.2. The Kier molecular flexibility index (Phi) is 7.84. The molecule has 1 atom stereocenters. The van der Waals surface area contributed by atoms with Gasteiger partial charge >= 0.3 is 5.97 Å². The highest BCUT2D eigenvalue weighted by Crippen LogP contribution is 2.25. The Morgan fingerprint density at radius 1 is 1.30 bits per heavy atom. The molecule has 1 heterocycles. The van der Waals surface area contributed by atoms with Gasteiger partial charge in [0, 0.05) is 25.0 Å². The van der Waals surface area contributed by atoms with Crippen molar-refractivity contribution in [3.63, 3.8) is 0 Å². The number of carbonyl (C=O) groups excluding carboxylic acids is 2. The van der Waals surface area contributed by atoms with Crippen LogP contribution in [0.1, 0.15) is 62.4 Å². The van der Waals surface area contributed by atoms with Crippen LogP contribution in [0.25, 0.3) is 0 Å². The molecule has 150 valence electrons. The summed E-state index contributed by atoms with van der Waals surface area (Å²) in [6.45, 7) is 9.53. The Morgan fingerprint density at radius 2 is 2.04 bits per heavy atom. The first-order valence-electron chi connectivity index (χ1n) is 10.1. The van der Waals surface area contributed by atoms with E-state index in [1.54, 1.807) is 12.1 Å². The number of methoxy groups -OCH3 is 1. The Balaban J connectivity index is 1.85. The maximum Gasteiger partial charge on any atom is 0.338 e. The monoisotopic (exact) mass is 374 g/mol. The van der Waals surface area contributed by atoms with Gasteiger partial charge in [0.2, 0.25) is 5.91 Å². The van der Waals surface area contributed by atoms with Crippen LogP contribution in [0, 0.1) is 5.92 Å². The zero-order valence-electron chi connectivity index (χ0n) is 17.2. The molecule has 5 nitrogen and oxygen atoms in total. The second-order valence-electron chi connectivity index (χ2n) is 8.10. The van der Waals surface area contributed by atoms with E-state index in [1.165, 1.54) is 26.4 Å². The average molecular weight is 375 g/mol. The standard InChI is InChI=1S/C22H34N2O3/c1-5-17-9-8-14-24(15-17)22(2,3)16-23-20(25)13-12-18-10-6-7-11-19(18)21(26)27-4/h6-7,10-11,17H,5,8-9,12-16H2,1-4H3,(H,23,25)/t17-/m0/s1. The second kappa shape index (κ2) is 9.88. The van der Waals surface area contributed by atoms with Gasteiger partial charge in [-0.2, -0.15) is 0 Å². The second-order valence-corrected chi connectivity index (χ2v) is 8.10. The van der Waals surface area contributed by atoms with Gasteiger partial charge in [-0.25, -0.2) is 4.79 Å². The fraction of sp³-hybridized carbons (Fsp3) is 0.636. The molecular weight excluding hydrogens is 340 g/mol.